The molecular formula is C27H32N2OS. The molecule has 0 radical (unpaired) electrons. The molecule has 0 aliphatic carbocycles. The number of carbonyl (C=O) groups excluding carboxylic acids is 1. The van der Waals surface area contributed by atoms with Gasteiger partial charge in [0.15, 0.2) is 0 Å². The fraction of sp³-hybridized carbons (Fsp3) is 0.370. The Morgan fingerprint density at radius 1 is 1.06 bits per heavy atom. The SMILES string of the molecule is Cc1ccccc1[C@H]1CN(Cc2ccsc2)C[C@@H]1CN(C(=O)c1ccccc1)C(C)C. The molecule has 1 fully saturated rings. The summed E-state index contributed by atoms with van der Waals surface area (Å²) in [4.78, 5) is 18.0. The van der Waals surface area contributed by atoms with Crippen LogP contribution in [-0.4, -0.2) is 41.4 Å². The average Bonchev–Trinajstić information content (AvgIpc) is 3.42. The number of hydrogen-bond donors (Lipinski definition) is 0. The number of nitrogens with zero attached hydrogens (tertiary/aromatic N) is 2. The van der Waals surface area contributed by atoms with E-state index in [1.54, 1.807) is 11.3 Å². The van der Waals surface area contributed by atoms with Crippen molar-refractivity contribution < 1.29 is 4.79 Å². The normalized spacial score (nSPS) is 19.1. The van der Waals surface area contributed by atoms with E-state index >= 15 is 0 Å². The Labute approximate surface area is 190 Å². The molecule has 1 saturated heterocycles. The number of thiophene rings is 1. The Kier molecular flexibility index (Phi) is 6.89. The third-order valence-electron chi connectivity index (χ3n) is 6.43. The van der Waals surface area contributed by atoms with Crippen molar-refractivity contribution in [2.75, 3.05) is 19.6 Å². The molecule has 162 valence electrons. The summed E-state index contributed by atoms with van der Waals surface area (Å²) in [6.07, 6.45) is 0. The molecule has 1 amide bonds. The molecule has 2 atom stereocenters. The van der Waals surface area contributed by atoms with Gasteiger partial charge in [0.25, 0.3) is 5.91 Å². The van der Waals surface area contributed by atoms with Crippen molar-refractivity contribution in [3.05, 3.63) is 93.7 Å². The van der Waals surface area contributed by atoms with E-state index in [1.165, 1.54) is 16.7 Å². The van der Waals surface area contributed by atoms with Crippen LogP contribution in [0.15, 0.2) is 71.4 Å². The first-order chi connectivity index (χ1) is 15.0. The van der Waals surface area contributed by atoms with E-state index in [2.05, 4.69) is 71.7 Å². The predicted octanol–water partition coefficient (Wildman–Crippen LogP) is 5.82. The number of hydrogen-bond acceptors (Lipinski definition) is 3. The van der Waals surface area contributed by atoms with Crippen molar-refractivity contribution in [1.82, 2.24) is 9.80 Å². The zero-order valence-electron chi connectivity index (χ0n) is 18.7. The third-order valence-corrected chi connectivity index (χ3v) is 7.16. The van der Waals surface area contributed by atoms with Crippen LogP contribution < -0.4 is 0 Å². The van der Waals surface area contributed by atoms with Gasteiger partial charge in [0, 0.05) is 43.7 Å². The van der Waals surface area contributed by atoms with Crippen molar-refractivity contribution in [2.45, 2.75) is 39.3 Å². The topological polar surface area (TPSA) is 23.6 Å². The van der Waals surface area contributed by atoms with Crippen molar-refractivity contribution in [1.29, 1.82) is 0 Å². The van der Waals surface area contributed by atoms with Gasteiger partial charge in [-0.25, -0.2) is 0 Å². The average molecular weight is 433 g/mol. The Balaban J connectivity index is 1.59. The second kappa shape index (κ2) is 9.80. The first kappa shape index (κ1) is 21.8. The Morgan fingerprint density at radius 2 is 1.81 bits per heavy atom. The highest BCUT2D eigenvalue weighted by atomic mass is 32.1. The third kappa shape index (κ3) is 5.08. The lowest BCUT2D eigenvalue weighted by atomic mass is 9.86. The quantitative estimate of drug-likeness (QED) is 0.469. The second-order valence-corrected chi connectivity index (χ2v) is 9.75. The Morgan fingerprint density at radius 3 is 2.48 bits per heavy atom. The molecule has 31 heavy (non-hydrogen) atoms. The molecule has 4 heteroatoms. The predicted molar refractivity (Wildman–Crippen MR) is 130 cm³/mol. The molecule has 2 heterocycles. The number of rotatable bonds is 7. The van der Waals surface area contributed by atoms with Crippen LogP contribution >= 0.6 is 11.3 Å². The first-order valence-corrected chi connectivity index (χ1v) is 12.1. The highest BCUT2D eigenvalue weighted by Gasteiger charge is 2.37. The molecule has 0 unspecified atom stereocenters. The molecule has 0 N–H and O–H groups in total. The highest BCUT2D eigenvalue weighted by Crippen LogP contribution is 2.36. The lowest BCUT2D eigenvalue weighted by Crippen LogP contribution is -2.42. The van der Waals surface area contributed by atoms with Crippen molar-refractivity contribution >= 4 is 17.2 Å². The maximum absolute atomic E-state index is 13.3. The smallest absolute Gasteiger partial charge is 0.254 e. The fourth-order valence-electron chi connectivity index (χ4n) is 4.80. The van der Waals surface area contributed by atoms with Gasteiger partial charge in [-0.2, -0.15) is 11.3 Å². The lowest BCUT2D eigenvalue weighted by Gasteiger charge is -2.32. The van der Waals surface area contributed by atoms with Crippen molar-refractivity contribution in [3.63, 3.8) is 0 Å². The molecular weight excluding hydrogens is 400 g/mol. The molecule has 1 aliphatic heterocycles. The number of amides is 1. The van der Waals surface area contributed by atoms with Gasteiger partial charge in [-0.1, -0.05) is 42.5 Å². The van der Waals surface area contributed by atoms with Crippen LogP contribution in [0.4, 0.5) is 0 Å². The van der Waals surface area contributed by atoms with E-state index in [0.717, 1.165) is 31.7 Å². The summed E-state index contributed by atoms with van der Waals surface area (Å²) in [5, 5.41) is 4.40. The van der Waals surface area contributed by atoms with Gasteiger partial charge < -0.3 is 4.90 Å². The minimum absolute atomic E-state index is 0.135. The second-order valence-electron chi connectivity index (χ2n) is 8.97. The van der Waals surface area contributed by atoms with Crippen LogP contribution in [0.2, 0.25) is 0 Å². The summed E-state index contributed by atoms with van der Waals surface area (Å²) in [5.41, 5.74) is 4.93. The van der Waals surface area contributed by atoms with Crippen LogP contribution in [0, 0.1) is 12.8 Å². The van der Waals surface area contributed by atoms with Crippen LogP contribution in [-0.2, 0) is 6.54 Å². The van der Waals surface area contributed by atoms with Crippen molar-refractivity contribution in [3.8, 4) is 0 Å². The van der Waals surface area contributed by atoms with Gasteiger partial charge in [-0.15, -0.1) is 0 Å². The van der Waals surface area contributed by atoms with E-state index in [9.17, 15) is 4.79 Å². The van der Waals surface area contributed by atoms with E-state index in [4.69, 9.17) is 0 Å². The van der Waals surface area contributed by atoms with Gasteiger partial charge >= 0.3 is 0 Å². The Bertz CT molecular complexity index is 983. The summed E-state index contributed by atoms with van der Waals surface area (Å²) in [6, 6.07) is 20.8. The number of aryl methyl sites for hydroxylation is 1. The summed E-state index contributed by atoms with van der Waals surface area (Å²) >= 11 is 1.76. The monoisotopic (exact) mass is 432 g/mol. The minimum Gasteiger partial charge on any atom is -0.336 e. The highest BCUT2D eigenvalue weighted by molar-refractivity contribution is 7.07. The molecule has 0 spiro atoms. The van der Waals surface area contributed by atoms with E-state index in [-0.39, 0.29) is 11.9 Å². The maximum atomic E-state index is 13.3. The van der Waals surface area contributed by atoms with Gasteiger partial charge in [0.2, 0.25) is 0 Å². The number of likely N-dealkylation sites (tertiary alicyclic amines) is 1. The number of benzene rings is 2. The largest absolute Gasteiger partial charge is 0.336 e. The van der Waals surface area contributed by atoms with E-state index < -0.39 is 0 Å². The summed E-state index contributed by atoms with van der Waals surface area (Å²) < 4.78 is 0. The molecule has 1 aliphatic rings. The molecule has 4 rings (SSSR count). The standard InChI is InChI=1S/C27H32N2OS/c1-20(2)29(27(30)23-10-5-4-6-11-23)17-24-16-28(15-22-13-14-31-19-22)18-26(24)25-12-8-7-9-21(25)3/h4-14,19-20,24,26H,15-18H2,1-3H3/t24-,26+/m1/s1. The first-order valence-electron chi connectivity index (χ1n) is 11.2. The van der Waals surface area contributed by atoms with Gasteiger partial charge in [-0.3, -0.25) is 9.69 Å². The van der Waals surface area contributed by atoms with Gasteiger partial charge in [0.05, 0.1) is 0 Å². The Hall–Kier alpha value is -2.43. The van der Waals surface area contributed by atoms with E-state index in [1.807, 2.05) is 30.3 Å². The van der Waals surface area contributed by atoms with Crippen LogP contribution in [0.25, 0.3) is 0 Å². The fourth-order valence-corrected chi connectivity index (χ4v) is 5.46. The van der Waals surface area contributed by atoms with Crippen molar-refractivity contribution in [2.24, 2.45) is 5.92 Å². The molecule has 3 nitrogen and oxygen atoms in total. The zero-order valence-corrected chi connectivity index (χ0v) is 19.5. The number of carbonyl (C=O) groups is 1. The zero-order chi connectivity index (χ0) is 21.8. The van der Waals surface area contributed by atoms with Crippen LogP contribution in [0.1, 0.15) is 46.8 Å². The maximum Gasteiger partial charge on any atom is 0.254 e. The molecule has 3 aromatic rings. The summed E-state index contributed by atoms with van der Waals surface area (Å²) in [5.74, 6) is 0.981. The molecule has 1 aromatic heterocycles. The van der Waals surface area contributed by atoms with Gasteiger partial charge in [-0.05, 0) is 72.3 Å². The van der Waals surface area contributed by atoms with E-state index in [0.29, 0.717) is 11.8 Å². The minimum atomic E-state index is 0.135. The van der Waals surface area contributed by atoms with Crippen LogP contribution in [0.5, 0.6) is 0 Å². The van der Waals surface area contributed by atoms with Crippen LogP contribution in [0.3, 0.4) is 0 Å². The molecule has 0 bridgehead atoms. The summed E-state index contributed by atoms with van der Waals surface area (Å²) in [6.45, 7) is 10.3. The summed E-state index contributed by atoms with van der Waals surface area (Å²) in [7, 11) is 0. The lowest BCUT2D eigenvalue weighted by molar-refractivity contribution is 0.0668. The van der Waals surface area contributed by atoms with Gasteiger partial charge in [0.1, 0.15) is 0 Å². The molecule has 2 aromatic carbocycles. The molecule has 0 saturated carbocycles.